The second-order valence-electron chi connectivity index (χ2n) is 5.21. The third kappa shape index (κ3) is 2.83. The molecule has 3 rings (SSSR count). The van der Waals surface area contributed by atoms with E-state index in [1.165, 1.54) is 0 Å². The van der Waals surface area contributed by atoms with E-state index < -0.39 is 23.6 Å². The maximum Gasteiger partial charge on any atom is 0.326 e. The Bertz CT molecular complexity index is 820. The van der Waals surface area contributed by atoms with Crippen LogP contribution in [0.15, 0.2) is 48.5 Å². The highest BCUT2D eigenvalue weighted by molar-refractivity contribution is 6.30. The molecule has 1 heterocycles. The Kier molecular flexibility index (Phi) is 4.22. The third-order valence-electron chi connectivity index (χ3n) is 3.69. The van der Waals surface area contributed by atoms with Crippen LogP contribution >= 0.6 is 11.6 Å². The fraction of sp³-hybridized carbons (Fsp3) is 0.118. The second kappa shape index (κ2) is 6.33. The highest BCUT2D eigenvalue weighted by Gasteiger charge is 2.43. The number of carbonyl (C=O) groups excluding carboxylic acids is 3. The van der Waals surface area contributed by atoms with E-state index in [-0.39, 0.29) is 6.61 Å². The molecule has 0 saturated heterocycles. The van der Waals surface area contributed by atoms with Crippen LogP contribution < -0.4 is 15.4 Å². The number of nitrogens with zero attached hydrogens (tertiary/aromatic N) is 1. The first kappa shape index (κ1) is 16.0. The van der Waals surface area contributed by atoms with Crippen molar-refractivity contribution in [3.05, 3.63) is 59.1 Å². The standard InChI is InChI=1S/C17H13ClN2O4/c18-10-5-7-11(8-6-10)24-9-14(21)15-12-3-1-2-4-13(12)20(16(15)22)17(19)23/h1-8,15H,9H2,(H2,19,23). The number of imide groups is 1. The number of amides is 3. The molecule has 0 bridgehead atoms. The third-order valence-corrected chi connectivity index (χ3v) is 3.95. The number of fused-ring (bicyclic) bond motifs is 1. The maximum atomic E-state index is 12.5. The van der Waals surface area contributed by atoms with Crippen LogP contribution in [0.3, 0.4) is 0 Å². The summed E-state index contributed by atoms with van der Waals surface area (Å²) in [6, 6.07) is 12.1. The van der Waals surface area contributed by atoms with Crippen LogP contribution in [0.2, 0.25) is 5.02 Å². The summed E-state index contributed by atoms with van der Waals surface area (Å²) in [4.78, 5) is 37.3. The maximum absolute atomic E-state index is 12.5. The van der Waals surface area contributed by atoms with Crippen molar-refractivity contribution < 1.29 is 19.1 Å². The number of ether oxygens (including phenoxy) is 1. The number of anilines is 1. The van der Waals surface area contributed by atoms with E-state index in [2.05, 4.69) is 0 Å². The van der Waals surface area contributed by atoms with Gasteiger partial charge in [-0.1, -0.05) is 29.8 Å². The zero-order valence-corrected chi connectivity index (χ0v) is 13.2. The Hall–Kier alpha value is -2.86. The molecule has 0 aliphatic carbocycles. The summed E-state index contributed by atoms with van der Waals surface area (Å²) < 4.78 is 5.40. The van der Waals surface area contributed by atoms with Crippen LogP contribution in [0.1, 0.15) is 11.5 Å². The van der Waals surface area contributed by atoms with Gasteiger partial charge in [0.2, 0.25) is 0 Å². The molecule has 7 heteroatoms. The minimum Gasteiger partial charge on any atom is -0.486 e. The zero-order valence-electron chi connectivity index (χ0n) is 12.4. The largest absolute Gasteiger partial charge is 0.486 e. The molecular formula is C17H13ClN2O4. The van der Waals surface area contributed by atoms with Crippen molar-refractivity contribution >= 4 is 35.0 Å². The van der Waals surface area contributed by atoms with Crippen molar-refractivity contribution in [1.82, 2.24) is 0 Å². The number of primary amides is 1. The van der Waals surface area contributed by atoms with Crippen LogP contribution in [0, 0.1) is 0 Å². The predicted octanol–water partition coefficient (Wildman–Crippen LogP) is 2.50. The number of hydrogen-bond donors (Lipinski definition) is 1. The summed E-state index contributed by atoms with van der Waals surface area (Å²) in [6.45, 7) is -0.307. The van der Waals surface area contributed by atoms with E-state index in [0.29, 0.717) is 22.0 Å². The molecule has 2 aromatic carbocycles. The molecule has 24 heavy (non-hydrogen) atoms. The number of halogens is 1. The highest BCUT2D eigenvalue weighted by Crippen LogP contribution is 2.37. The zero-order chi connectivity index (χ0) is 17.3. The summed E-state index contributed by atoms with van der Waals surface area (Å²) in [5, 5.41) is 0.547. The molecule has 0 saturated carbocycles. The van der Waals surface area contributed by atoms with E-state index in [1.54, 1.807) is 48.5 Å². The molecule has 0 aromatic heterocycles. The van der Waals surface area contributed by atoms with Gasteiger partial charge in [-0.25, -0.2) is 9.69 Å². The van der Waals surface area contributed by atoms with Crippen LogP contribution in [0.5, 0.6) is 5.75 Å². The minimum absolute atomic E-state index is 0.307. The summed E-state index contributed by atoms with van der Waals surface area (Å²) in [7, 11) is 0. The first-order valence-corrected chi connectivity index (χ1v) is 7.50. The Morgan fingerprint density at radius 1 is 1.12 bits per heavy atom. The molecule has 1 aliphatic heterocycles. The fourth-order valence-corrected chi connectivity index (χ4v) is 2.75. The predicted molar refractivity (Wildman–Crippen MR) is 88.2 cm³/mol. The lowest BCUT2D eigenvalue weighted by molar-refractivity contribution is -0.129. The van der Waals surface area contributed by atoms with Crippen molar-refractivity contribution in [1.29, 1.82) is 0 Å². The summed E-state index contributed by atoms with van der Waals surface area (Å²) in [5.74, 6) is -1.75. The minimum atomic E-state index is -1.10. The van der Waals surface area contributed by atoms with Crippen molar-refractivity contribution in [3.63, 3.8) is 0 Å². The molecule has 0 fully saturated rings. The molecule has 1 unspecified atom stereocenters. The Balaban J connectivity index is 1.80. The number of nitrogens with two attached hydrogens (primary N) is 1. The molecule has 3 amide bonds. The SMILES string of the molecule is NC(=O)N1C(=O)C(C(=O)COc2ccc(Cl)cc2)c2ccccc21. The van der Waals surface area contributed by atoms with Gasteiger partial charge in [0.25, 0.3) is 5.91 Å². The average molecular weight is 345 g/mol. The number of benzene rings is 2. The Morgan fingerprint density at radius 2 is 1.79 bits per heavy atom. The molecule has 0 radical (unpaired) electrons. The van der Waals surface area contributed by atoms with Gasteiger partial charge in [-0.15, -0.1) is 0 Å². The molecule has 2 aromatic rings. The van der Waals surface area contributed by atoms with Gasteiger partial charge in [-0.3, -0.25) is 9.59 Å². The van der Waals surface area contributed by atoms with E-state index >= 15 is 0 Å². The highest BCUT2D eigenvalue weighted by atomic mass is 35.5. The molecular weight excluding hydrogens is 332 g/mol. The molecule has 6 nitrogen and oxygen atoms in total. The number of ketones is 1. The monoisotopic (exact) mass is 344 g/mol. The lowest BCUT2D eigenvalue weighted by atomic mass is 9.96. The Morgan fingerprint density at radius 3 is 2.46 bits per heavy atom. The summed E-state index contributed by atoms with van der Waals surface area (Å²) in [6.07, 6.45) is 0. The smallest absolute Gasteiger partial charge is 0.326 e. The van der Waals surface area contributed by atoms with Crippen molar-refractivity contribution in [2.45, 2.75) is 5.92 Å². The number of para-hydroxylation sites is 1. The molecule has 122 valence electrons. The number of urea groups is 1. The van der Waals surface area contributed by atoms with Gasteiger partial charge in [0.05, 0.1) is 5.69 Å². The van der Waals surface area contributed by atoms with Crippen LogP contribution in [-0.2, 0) is 9.59 Å². The molecule has 1 atom stereocenters. The van der Waals surface area contributed by atoms with Crippen molar-refractivity contribution in [2.24, 2.45) is 5.73 Å². The van der Waals surface area contributed by atoms with Crippen molar-refractivity contribution in [2.75, 3.05) is 11.5 Å². The van der Waals surface area contributed by atoms with Gasteiger partial charge in [0.15, 0.2) is 5.78 Å². The number of Topliss-reactive ketones (excluding diaryl/α,β-unsaturated/α-hetero) is 1. The van der Waals surface area contributed by atoms with Gasteiger partial charge in [-0.05, 0) is 35.9 Å². The number of hydrogen-bond acceptors (Lipinski definition) is 4. The first-order chi connectivity index (χ1) is 11.5. The number of carbonyl (C=O) groups is 3. The lowest BCUT2D eigenvalue weighted by Crippen LogP contribution is -2.41. The van der Waals surface area contributed by atoms with Gasteiger partial charge >= 0.3 is 6.03 Å². The average Bonchev–Trinajstić information content (AvgIpc) is 2.86. The van der Waals surface area contributed by atoms with E-state index in [4.69, 9.17) is 22.1 Å². The second-order valence-corrected chi connectivity index (χ2v) is 5.65. The Labute approximate surface area is 142 Å². The molecule has 0 spiro atoms. The molecule has 2 N–H and O–H groups in total. The summed E-state index contributed by atoms with van der Waals surface area (Å²) >= 11 is 5.78. The normalized spacial score (nSPS) is 16.0. The van der Waals surface area contributed by atoms with E-state index in [1.807, 2.05) is 0 Å². The number of rotatable bonds is 4. The topological polar surface area (TPSA) is 89.7 Å². The quantitative estimate of drug-likeness (QED) is 0.863. The van der Waals surface area contributed by atoms with Gasteiger partial charge in [0, 0.05) is 5.02 Å². The van der Waals surface area contributed by atoms with E-state index in [0.717, 1.165) is 4.90 Å². The summed E-state index contributed by atoms with van der Waals surface area (Å²) in [5.41, 5.74) is 6.04. The van der Waals surface area contributed by atoms with Crippen LogP contribution in [0.25, 0.3) is 0 Å². The van der Waals surface area contributed by atoms with Crippen LogP contribution in [-0.4, -0.2) is 24.3 Å². The van der Waals surface area contributed by atoms with Gasteiger partial charge in [0.1, 0.15) is 18.3 Å². The first-order valence-electron chi connectivity index (χ1n) is 7.12. The molecule has 1 aliphatic rings. The van der Waals surface area contributed by atoms with Gasteiger partial charge < -0.3 is 10.5 Å². The van der Waals surface area contributed by atoms with E-state index in [9.17, 15) is 14.4 Å². The van der Waals surface area contributed by atoms with Gasteiger partial charge in [-0.2, -0.15) is 0 Å². The van der Waals surface area contributed by atoms with Crippen LogP contribution in [0.4, 0.5) is 10.5 Å². The lowest BCUT2D eigenvalue weighted by Gasteiger charge is -2.12. The van der Waals surface area contributed by atoms with Crippen molar-refractivity contribution in [3.8, 4) is 5.75 Å². The fourth-order valence-electron chi connectivity index (χ4n) is 2.62.